The van der Waals surface area contributed by atoms with Gasteiger partial charge in [0.25, 0.3) is 0 Å². The number of thioether (sulfide) groups is 1. The number of rotatable bonds is 2. The summed E-state index contributed by atoms with van der Waals surface area (Å²) in [6, 6.07) is 0.527. The summed E-state index contributed by atoms with van der Waals surface area (Å²) in [5.74, 6) is 2.25. The summed E-state index contributed by atoms with van der Waals surface area (Å²) in [5, 5.41) is 0.712. The van der Waals surface area contributed by atoms with Crippen molar-refractivity contribution in [3.8, 4) is 0 Å². The van der Waals surface area contributed by atoms with Gasteiger partial charge in [-0.15, -0.1) is 0 Å². The van der Waals surface area contributed by atoms with Crippen molar-refractivity contribution >= 4 is 17.7 Å². The molecule has 0 radical (unpaired) electrons. The van der Waals surface area contributed by atoms with Crippen molar-refractivity contribution in [3.05, 3.63) is 0 Å². The molecular weight excluding hydrogens is 256 g/mol. The van der Waals surface area contributed by atoms with Gasteiger partial charge in [-0.1, -0.05) is 19.3 Å². The van der Waals surface area contributed by atoms with Crippen molar-refractivity contribution in [1.29, 1.82) is 0 Å². The Morgan fingerprint density at radius 2 is 2.00 bits per heavy atom. The highest BCUT2D eigenvalue weighted by Crippen LogP contribution is 2.39. The van der Waals surface area contributed by atoms with Crippen LogP contribution in [0, 0.1) is 11.8 Å². The molecule has 1 aliphatic heterocycles. The van der Waals surface area contributed by atoms with Crippen molar-refractivity contribution in [1.82, 2.24) is 4.90 Å². The van der Waals surface area contributed by atoms with Gasteiger partial charge in [0.1, 0.15) is 0 Å². The van der Waals surface area contributed by atoms with Crippen molar-refractivity contribution in [2.75, 3.05) is 18.8 Å². The Morgan fingerprint density at radius 1 is 1.16 bits per heavy atom. The minimum absolute atomic E-state index is 0.232. The molecule has 19 heavy (non-hydrogen) atoms. The van der Waals surface area contributed by atoms with E-state index in [9.17, 15) is 4.79 Å². The zero-order valence-corrected chi connectivity index (χ0v) is 12.5. The summed E-state index contributed by atoms with van der Waals surface area (Å²) < 4.78 is 0. The molecule has 0 bridgehead atoms. The summed E-state index contributed by atoms with van der Waals surface area (Å²) >= 11 is 2.10. The second-order valence-electron chi connectivity index (χ2n) is 6.33. The van der Waals surface area contributed by atoms with Crippen molar-refractivity contribution in [2.45, 2.75) is 56.2 Å². The van der Waals surface area contributed by atoms with Crippen LogP contribution in [-0.4, -0.2) is 40.9 Å². The first-order valence-electron chi connectivity index (χ1n) is 7.93. The molecule has 4 atom stereocenters. The molecule has 2 unspecified atom stereocenters. The minimum atomic E-state index is 0.232. The third-order valence-electron chi connectivity index (χ3n) is 5.29. The second kappa shape index (κ2) is 6.04. The molecule has 3 aliphatic rings. The molecule has 4 heteroatoms. The lowest BCUT2D eigenvalue weighted by Gasteiger charge is -2.45. The lowest BCUT2D eigenvalue weighted by atomic mass is 9.90. The lowest BCUT2D eigenvalue weighted by molar-refractivity contribution is -0.139. The Morgan fingerprint density at radius 3 is 2.84 bits per heavy atom. The largest absolute Gasteiger partial charge is 0.338 e. The van der Waals surface area contributed by atoms with Crippen LogP contribution in [0.1, 0.15) is 44.9 Å². The van der Waals surface area contributed by atoms with E-state index < -0.39 is 0 Å². The molecule has 0 spiro atoms. The first-order valence-corrected chi connectivity index (χ1v) is 8.98. The Balaban J connectivity index is 1.71. The minimum Gasteiger partial charge on any atom is -0.338 e. The van der Waals surface area contributed by atoms with Gasteiger partial charge in [0.05, 0.1) is 0 Å². The van der Waals surface area contributed by atoms with Crippen LogP contribution in [0.5, 0.6) is 0 Å². The van der Waals surface area contributed by atoms with Crippen LogP contribution in [0.15, 0.2) is 0 Å². The first kappa shape index (κ1) is 13.7. The van der Waals surface area contributed by atoms with E-state index in [1.165, 1.54) is 32.1 Å². The maximum absolute atomic E-state index is 12.9. The number of fused-ring (bicyclic) bond motifs is 1. The predicted octanol–water partition coefficient (Wildman–Crippen LogP) is 2.25. The lowest BCUT2D eigenvalue weighted by Crippen LogP contribution is -2.54. The van der Waals surface area contributed by atoms with E-state index in [4.69, 9.17) is 5.73 Å². The molecule has 1 amide bonds. The number of carbonyl (C=O) groups is 1. The van der Waals surface area contributed by atoms with Crippen LogP contribution in [0.3, 0.4) is 0 Å². The van der Waals surface area contributed by atoms with Crippen molar-refractivity contribution in [3.63, 3.8) is 0 Å². The summed E-state index contributed by atoms with van der Waals surface area (Å²) in [7, 11) is 0. The highest BCUT2D eigenvalue weighted by Gasteiger charge is 2.41. The maximum Gasteiger partial charge on any atom is 0.226 e. The van der Waals surface area contributed by atoms with Crippen LogP contribution >= 0.6 is 11.8 Å². The third kappa shape index (κ3) is 2.66. The van der Waals surface area contributed by atoms with E-state index in [1.807, 2.05) is 0 Å². The SMILES string of the molecule is NC[C@H]1CCC[C@H]1C(=O)N1CCSC2CCCCC21. The zero-order chi connectivity index (χ0) is 13.2. The smallest absolute Gasteiger partial charge is 0.226 e. The normalized spacial score (nSPS) is 39.1. The molecule has 3 rings (SSSR count). The molecule has 108 valence electrons. The van der Waals surface area contributed by atoms with Gasteiger partial charge in [0.15, 0.2) is 0 Å². The van der Waals surface area contributed by atoms with Gasteiger partial charge >= 0.3 is 0 Å². The van der Waals surface area contributed by atoms with E-state index in [0.717, 1.165) is 25.1 Å². The average Bonchev–Trinajstić information content (AvgIpc) is 2.94. The van der Waals surface area contributed by atoms with Crippen LogP contribution in [0.4, 0.5) is 0 Å². The molecule has 3 nitrogen and oxygen atoms in total. The van der Waals surface area contributed by atoms with E-state index in [1.54, 1.807) is 0 Å². The maximum atomic E-state index is 12.9. The van der Waals surface area contributed by atoms with E-state index >= 15 is 0 Å². The summed E-state index contributed by atoms with van der Waals surface area (Å²) in [5.41, 5.74) is 5.85. The van der Waals surface area contributed by atoms with Gasteiger partial charge in [-0.2, -0.15) is 11.8 Å². The monoisotopic (exact) mass is 282 g/mol. The number of hydrogen-bond donors (Lipinski definition) is 1. The van der Waals surface area contributed by atoms with Crippen LogP contribution in [0.2, 0.25) is 0 Å². The van der Waals surface area contributed by atoms with Crippen LogP contribution < -0.4 is 5.73 Å². The van der Waals surface area contributed by atoms with Crippen molar-refractivity contribution in [2.24, 2.45) is 17.6 Å². The van der Waals surface area contributed by atoms with Gasteiger partial charge < -0.3 is 10.6 Å². The van der Waals surface area contributed by atoms with E-state index in [2.05, 4.69) is 16.7 Å². The Labute approximate surface area is 120 Å². The quantitative estimate of drug-likeness (QED) is 0.845. The fraction of sp³-hybridized carbons (Fsp3) is 0.933. The highest BCUT2D eigenvalue weighted by molar-refractivity contribution is 8.00. The van der Waals surface area contributed by atoms with Gasteiger partial charge in [0.2, 0.25) is 5.91 Å². The second-order valence-corrected chi connectivity index (χ2v) is 7.67. The first-order chi connectivity index (χ1) is 9.31. The van der Waals surface area contributed by atoms with Gasteiger partial charge in [-0.05, 0) is 38.1 Å². The van der Waals surface area contributed by atoms with E-state index in [0.29, 0.717) is 29.7 Å². The third-order valence-corrected chi connectivity index (χ3v) is 6.69. The van der Waals surface area contributed by atoms with Gasteiger partial charge in [0, 0.05) is 29.5 Å². The number of carbonyl (C=O) groups excluding carboxylic acids is 1. The topological polar surface area (TPSA) is 46.3 Å². The predicted molar refractivity (Wildman–Crippen MR) is 80.1 cm³/mol. The van der Waals surface area contributed by atoms with E-state index in [-0.39, 0.29) is 5.92 Å². The molecule has 0 aromatic carbocycles. The van der Waals surface area contributed by atoms with Crippen molar-refractivity contribution < 1.29 is 4.79 Å². The molecule has 2 N–H and O–H groups in total. The fourth-order valence-electron chi connectivity index (χ4n) is 4.23. The Kier molecular flexibility index (Phi) is 4.37. The summed E-state index contributed by atoms with van der Waals surface area (Å²) in [4.78, 5) is 15.1. The molecule has 0 aromatic heterocycles. The molecule has 0 aromatic rings. The average molecular weight is 282 g/mol. The number of nitrogens with two attached hydrogens (primary N) is 1. The number of amides is 1. The summed E-state index contributed by atoms with van der Waals surface area (Å²) in [6.45, 7) is 1.66. The highest BCUT2D eigenvalue weighted by atomic mass is 32.2. The Hall–Kier alpha value is -0.220. The standard InChI is InChI=1S/C15H26N2OS/c16-10-11-4-3-5-12(11)15(18)17-8-9-19-14-7-2-1-6-13(14)17/h11-14H,1-10,16H2/t11-,12-,13?,14?/m1/s1. The number of hydrogen-bond acceptors (Lipinski definition) is 3. The van der Waals surface area contributed by atoms with Crippen LogP contribution in [0.25, 0.3) is 0 Å². The molecule has 2 aliphatic carbocycles. The molecule has 2 saturated carbocycles. The molecule has 1 saturated heterocycles. The Bertz CT molecular complexity index is 334. The molecular formula is C15H26N2OS. The van der Waals surface area contributed by atoms with Crippen LogP contribution in [-0.2, 0) is 4.79 Å². The molecule has 3 fully saturated rings. The number of nitrogens with zero attached hydrogens (tertiary/aromatic N) is 1. The zero-order valence-electron chi connectivity index (χ0n) is 11.7. The van der Waals surface area contributed by atoms with Gasteiger partial charge in [-0.3, -0.25) is 4.79 Å². The summed E-state index contributed by atoms with van der Waals surface area (Å²) in [6.07, 6.45) is 8.61. The van der Waals surface area contributed by atoms with Gasteiger partial charge in [-0.25, -0.2) is 0 Å². The molecule has 1 heterocycles. The fourth-order valence-corrected chi connectivity index (χ4v) is 5.67.